The van der Waals surface area contributed by atoms with Gasteiger partial charge in [0.15, 0.2) is 0 Å². The second-order valence-corrected chi connectivity index (χ2v) is 3.83. The average Bonchev–Trinajstić information content (AvgIpc) is 2.29. The van der Waals surface area contributed by atoms with Gasteiger partial charge in [-0.1, -0.05) is 0 Å². The van der Waals surface area contributed by atoms with Crippen molar-refractivity contribution < 1.29 is 0 Å². The maximum absolute atomic E-state index is 8.97. The Balaban J connectivity index is 2.25. The van der Waals surface area contributed by atoms with Gasteiger partial charge in [0, 0.05) is 25.3 Å². The summed E-state index contributed by atoms with van der Waals surface area (Å²) in [5.41, 5.74) is 6.53. The van der Waals surface area contributed by atoms with Crippen LogP contribution in [-0.4, -0.2) is 24.1 Å². The van der Waals surface area contributed by atoms with Gasteiger partial charge in [0.1, 0.15) is 11.9 Å². The third kappa shape index (κ3) is 2.08. The summed E-state index contributed by atoms with van der Waals surface area (Å²) in [5, 5.41) is 8.97. The van der Waals surface area contributed by atoms with Crippen LogP contribution in [-0.2, 0) is 0 Å². The van der Waals surface area contributed by atoms with Crippen molar-refractivity contribution in [2.75, 3.05) is 18.0 Å². The molecule has 0 aromatic carbocycles. The number of aromatic nitrogens is 1. The molecule has 0 amide bonds. The summed E-state index contributed by atoms with van der Waals surface area (Å²) < 4.78 is 0. The monoisotopic (exact) mass is 202 g/mol. The van der Waals surface area contributed by atoms with Gasteiger partial charge in [-0.25, -0.2) is 4.98 Å². The molecule has 1 aromatic rings. The second kappa shape index (κ2) is 4.28. The molecule has 1 aliphatic heterocycles. The fourth-order valence-electron chi connectivity index (χ4n) is 1.94. The van der Waals surface area contributed by atoms with Gasteiger partial charge in [0.2, 0.25) is 0 Å². The van der Waals surface area contributed by atoms with Crippen molar-refractivity contribution in [1.29, 1.82) is 5.26 Å². The molecule has 0 spiro atoms. The molecule has 2 rings (SSSR count). The number of hydrogen-bond acceptors (Lipinski definition) is 4. The molecule has 1 saturated heterocycles. The summed E-state index contributed by atoms with van der Waals surface area (Å²) in [4.78, 5) is 6.36. The van der Waals surface area contributed by atoms with E-state index in [4.69, 9.17) is 11.0 Å². The first-order valence-electron chi connectivity index (χ1n) is 5.17. The van der Waals surface area contributed by atoms with Gasteiger partial charge in [-0.05, 0) is 25.0 Å². The number of anilines is 1. The van der Waals surface area contributed by atoms with Crippen LogP contribution in [0.1, 0.15) is 18.4 Å². The van der Waals surface area contributed by atoms with Crippen LogP contribution in [0.5, 0.6) is 0 Å². The molecule has 78 valence electrons. The maximum atomic E-state index is 8.97. The lowest BCUT2D eigenvalue weighted by molar-refractivity contribution is 0.503. The summed E-state index contributed by atoms with van der Waals surface area (Å²) >= 11 is 0. The zero-order chi connectivity index (χ0) is 10.7. The highest BCUT2D eigenvalue weighted by Gasteiger charge is 2.19. The number of rotatable bonds is 1. The number of nitrogens with zero attached hydrogens (tertiary/aromatic N) is 3. The van der Waals surface area contributed by atoms with Crippen molar-refractivity contribution in [1.82, 2.24) is 4.98 Å². The van der Waals surface area contributed by atoms with E-state index in [-0.39, 0.29) is 6.04 Å². The summed E-state index contributed by atoms with van der Waals surface area (Å²) in [7, 11) is 0. The van der Waals surface area contributed by atoms with Crippen molar-refractivity contribution in [3.05, 3.63) is 23.9 Å². The molecular formula is C11H14N4. The van der Waals surface area contributed by atoms with Crippen molar-refractivity contribution in [3.63, 3.8) is 0 Å². The highest BCUT2D eigenvalue weighted by atomic mass is 15.2. The molecule has 1 aromatic heterocycles. The summed E-state index contributed by atoms with van der Waals surface area (Å²) in [6.45, 7) is 1.74. The highest BCUT2D eigenvalue weighted by molar-refractivity contribution is 5.53. The fourth-order valence-corrected chi connectivity index (χ4v) is 1.94. The van der Waals surface area contributed by atoms with E-state index in [1.165, 1.54) is 0 Å². The Morgan fingerprint density at radius 2 is 2.47 bits per heavy atom. The molecule has 4 nitrogen and oxygen atoms in total. The molecule has 0 radical (unpaired) electrons. The van der Waals surface area contributed by atoms with Crippen molar-refractivity contribution in [3.8, 4) is 6.07 Å². The SMILES string of the molecule is N#Cc1cccnc1N1CCCC(N)C1. The number of hydrogen-bond donors (Lipinski definition) is 1. The molecule has 2 heterocycles. The van der Waals surface area contributed by atoms with Gasteiger partial charge >= 0.3 is 0 Å². The molecular weight excluding hydrogens is 188 g/mol. The van der Waals surface area contributed by atoms with Crippen LogP contribution < -0.4 is 10.6 Å². The van der Waals surface area contributed by atoms with Crippen LogP contribution >= 0.6 is 0 Å². The maximum Gasteiger partial charge on any atom is 0.146 e. The van der Waals surface area contributed by atoms with Gasteiger partial charge < -0.3 is 10.6 Å². The van der Waals surface area contributed by atoms with E-state index in [1.54, 1.807) is 18.3 Å². The summed E-state index contributed by atoms with van der Waals surface area (Å²) in [6.07, 6.45) is 3.85. The standard InChI is InChI=1S/C11H14N4/c12-7-9-3-1-5-14-11(9)15-6-2-4-10(13)8-15/h1,3,5,10H,2,4,6,8,13H2. The van der Waals surface area contributed by atoms with E-state index < -0.39 is 0 Å². The lowest BCUT2D eigenvalue weighted by Crippen LogP contribution is -2.43. The first-order valence-corrected chi connectivity index (χ1v) is 5.17. The Kier molecular flexibility index (Phi) is 2.84. The highest BCUT2D eigenvalue weighted by Crippen LogP contribution is 2.20. The fraction of sp³-hybridized carbons (Fsp3) is 0.455. The topological polar surface area (TPSA) is 65.9 Å². The molecule has 1 aliphatic rings. The Bertz CT molecular complexity index is 382. The normalized spacial score (nSPS) is 21.1. The average molecular weight is 202 g/mol. The second-order valence-electron chi connectivity index (χ2n) is 3.83. The van der Waals surface area contributed by atoms with E-state index in [0.29, 0.717) is 5.56 Å². The van der Waals surface area contributed by atoms with Gasteiger partial charge in [-0.15, -0.1) is 0 Å². The lowest BCUT2D eigenvalue weighted by atomic mass is 10.1. The summed E-state index contributed by atoms with van der Waals surface area (Å²) in [5.74, 6) is 0.773. The minimum Gasteiger partial charge on any atom is -0.354 e. The minimum absolute atomic E-state index is 0.201. The van der Waals surface area contributed by atoms with Gasteiger partial charge in [0.25, 0.3) is 0 Å². The Labute approximate surface area is 89.3 Å². The predicted molar refractivity (Wildman–Crippen MR) is 58.4 cm³/mol. The molecule has 1 unspecified atom stereocenters. The molecule has 1 atom stereocenters. The Morgan fingerprint density at radius 3 is 3.20 bits per heavy atom. The molecule has 2 N–H and O–H groups in total. The molecule has 0 bridgehead atoms. The first kappa shape index (κ1) is 9.94. The zero-order valence-corrected chi connectivity index (χ0v) is 8.56. The number of nitriles is 1. The zero-order valence-electron chi connectivity index (χ0n) is 8.56. The van der Waals surface area contributed by atoms with Crippen LogP contribution in [0.15, 0.2) is 18.3 Å². The van der Waals surface area contributed by atoms with Crippen LogP contribution in [0.4, 0.5) is 5.82 Å². The molecule has 4 heteroatoms. The molecule has 1 fully saturated rings. The first-order chi connectivity index (χ1) is 7.31. The van der Waals surface area contributed by atoms with E-state index >= 15 is 0 Å². The van der Waals surface area contributed by atoms with E-state index in [9.17, 15) is 0 Å². The van der Waals surface area contributed by atoms with E-state index in [0.717, 1.165) is 31.7 Å². The third-order valence-electron chi connectivity index (χ3n) is 2.66. The molecule has 0 saturated carbocycles. The third-order valence-corrected chi connectivity index (χ3v) is 2.66. The van der Waals surface area contributed by atoms with Gasteiger partial charge in [0.05, 0.1) is 5.56 Å². The Hall–Kier alpha value is -1.60. The van der Waals surface area contributed by atoms with Crippen LogP contribution in [0, 0.1) is 11.3 Å². The number of pyridine rings is 1. The molecule has 0 aliphatic carbocycles. The number of piperidine rings is 1. The van der Waals surface area contributed by atoms with E-state index in [1.807, 2.05) is 0 Å². The van der Waals surface area contributed by atoms with Crippen LogP contribution in [0.25, 0.3) is 0 Å². The van der Waals surface area contributed by atoms with Crippen LogP contribution in [0.2, 0.25) is 0 Å². The smallest absolute Gasteiger partial charge is 0.146 e. The van der Waals surface area contributed by atoms with Crippen molar-refractivity contribution in [2.24, 2.45) is 5.73 Å². The van der Waals surface area contributed by atoms with E-state index in [2.05, 4.69) is 16.0 Å². The lowest BCUT2D eigenvalue weighted by Gasteiger charge is -2.32. The Morgan fingerprint density at radius 1 is 1.60 bits per heavy atom. The minimum atomic E-state index is 0.201. The van der Waals surface area contributed by atoms with Gasteiger partial charge in [-0.2, -0.15) is 5.26 Å². The van der Waals surface area contributed by atoms with Crippen LogP contribution in [0.3, 0.4) is 0 Å². The van der Waals surface area contributed by atoms with Gasteiger partial charge in [-0.3, -0.25) is 0 Å². The predicted octanol–water partition coefficient (Wildman–Crippen LogP) is 0.881. The quantitative estimate of drug-likeness (QED) is 0.734. The number of nitrogens with two attached hydrogens (primary N) is 1. The largest absolute Gasteiger partial charge is 0.354 e. The molecule has 15 heavy (non-hydrogen) atoms. The van der Waals surface area contributed by atoms with Crippen molar-refractivity contribution in [2.45, 2.75) is 18.9 Å². The summed E-state index contributed by atoms with van der Waals surface area (Å²) in [6, 6.07) is 5.94. The van der Waals surface area contributed by atoms with Crippen molar-refractivity contribution >= 4 is 5.82 Å².